The maximum absolute atomic E-state index is 14.4. The first-order valence-corrected chi connectivity index (χ1v) is 25.5. The van der Waals surface area contributed by atoms with Crippen LogP contribution in [0.5, 0.6) is 0 Å². The number of hydrogen-bond donors (Lipinski definition) is 12. The van der Waals surface area contributed by atoms with Crippen molar-refractivity contribution in [2.45, 2.75) is 152 Å². The molecule has 0 spiro atoms. The fraction of sp³-hybridized carbons (Fsp3) is 0.744. The van der Waals surface area contributed by atoms with Gasteiger partial charge in [0.15, 0.2) is 5.96 Å². The smallest absolute Gasteiger partial charge is 0.326 e. The highest BCUT2D eigenvalue weighted by Crippen LogP contribution is 2.29. The lowest BCUT2D eigenvalue weighted by molar-refractivity contribution is -0.151. The zero-order chi connectivity index (χ0) is 52.4. The monoisotopic (exact) mass is 1030 g/mol. The molecule has 25 nitrogen and oxygen atoms in total. The van der Waals surface area contributed by atoms with Crippen LogP contribution in [0.1, 0.15) is 91.4 Å². The van der Waals surface area contributed by atoms with Gasteiger partial charge in [-0.15, -0.1) is 0 Å². The van der Waals surface area contributed by atoms with E-state index in [2.05, 4.69) is 44.2 Å². The van der Waals surface area contributed by atoms with Gasteiger partial charge in [-0.2, -0.15) is 24.4 Å². The van der Waals surface area contributed by atoms with Gasteiger partial charge in [0.05, 0.1) is 12.1 Å². The van der Waals surface area contributed by atoms with Gasteiger partial charge in [-0.1, -0.05) is 13.8 Å². The number of aliphatic carboxylic acids is 2. The predicted molar refractivity (Wildman–Crippen MR) is 260 cm³/mol. The normalized spacial score (nSPS) is 20.8. The molecule has 0 unspecified atom stereocenters. The SMILES string of the molecule is CSCC[C@H](NC(=O)[C@@H](N)CS)C(=O)N1CCC[C@H]1C(=O)N1CCC[C@H]1C(=O)N1CCC[C@H]1C(=O)N[C@@H](CCC(=O)O)C(=O)N[C@H](C(=O)N[C@@H](CCCN=C(N)N)C(=O)N[C@H](C(=O)O)C(C)C)[C@@H](C)O. The first kappa shape index (κ1) is 58.9. The number of amides is 8. The minimum absolute atomic E-state index is 0.0363. The van der Waals surface area contributed by atoms with E-state index < -0.39 is 138 Å². The van der Waals surface area contributed by atoms with E-state index in [0.29, 0.717) is 37.9 Å². The third-order valence-electron chi connectivity index (χ3n) is 12.4. The second-order valence-corrected chi connectivity index (χ2v) is 19.4. The molecule has 0 saturated carbocycles. The van der Waals surface area contributed by atoms with Crippen LogP contribution in [-0.2, 0) is 47.9 Å². The van der Waals surface area contributed by atoms with Crippen LogP contribution in [0.4, 0.5) is 0 Å². The summed E-state index contributed by atoms with van der Waals surface area (Å²) in [6.45, 7) is 4.91. The number of carbonyl (C=O) groups excluding carboxylic acids is 8. The van der Waals surface area contributed by atoms with Gasteiger partial charge in [-0.3, -0.25) is 48.1 Å². The van der Waals surface area contributed by atoms with Gasteiger partial charge >= 0.3 is 11.9 Å². The molecule has 0 aromatic carbocycles. The number of aliphatic imine (C=N–C) groups is 1. The number of guanidine groups is 1. The molecule has 0 aromatic heterocycles. The maximum atomic E-state index is 14.4. The number of carboxylic acids is 2. The number of nitrogens with two attached hydrogens (primary N) is 3. The average Bonchev–Trinajstić information content (AvgIpc) is 4.12. The number of likely N-dealkylation sites (tertiary alicyclic amines) is 3. The Kier molecular flexibility index (Phi) is 23.9. The number of rotatable bonds is 27. The van der Waals surface area contributed by atoms with E-state index in [1.165, 1.54) is 26.5 Å². The molecule has 0 bridgehead atoms. The van der Waals surface area contributed by atoms with Crippen molar-refractivity contribution in [3.05, 3.63) is 0 Å². The summed E-state index contributed by atoms with van der Waals surface area (Å²) >= 11 is 5.56. The van der Waals surface area contributed by atoms with Crippen LogP contribution in [0.25, 0.3) is 0 Å². The molecule has 0 radical (unpaired) electrons. The van der Waals surface area contributed by atoms with Crippen LogP contribution < -0.4 is 43.8 Å². The minimum Gasteiger partial charge on any atom is -0.481 e. The van der Waals surface area contributed by atoms with Crippen LogP contribution in [0.2, 0.25) is 0 Å². The molecule has 0 aromatic rings. The second-order valence-electron chi connectivity index (χ2n) is 18.0. The van der Waals surface area contributed by atoms with Gasteiger partial charge in [0.25, 0.3) is 0 Å². The summed E-state index contributed by atoms with van der Waals surface area (Å²) in [5.74, 6) is -8.63. The fourth-order valence-electron chi connectivity index (χ4n) is 8.58. The molecule has 3 aliphatic heterocycles. The molecular weight excluding hydrogens is 957 g/mol. The van der Waals surface area contributed by atoms with Crippen LogP contribution in [0, 0.1) is 5.92 Å². The summed E-state index contributed by atoms with van der Waals surface area (Å²) in [5, 5.41) is 42.2. The highest BCUT2D eigenvalue weighted by molar-refractivity contribution is 7.98. The van der Waals surface area contributed by atoms with Crippen molar-refractivity contribution < 1.29 is 63.3 Å². The number of aliphatic hydroxyl groups is 1. The number of nitrogens with zero attached hydrogens (tertiary/aromatic N) is 4. The third-order valence-corrected chi connectivity index (χ3v) is 13.4. The Morgan fingerprint density at radius 3 is 1.71 bits per heavy atom. The summed E-state index contributed by atoms with van der Waals surface area (Å²) in [7, 11) is 0. The van der Waals surface area contributed by atoms with Crippen LogP contribution in [-0.4, -0.2) is 200 Å². The molecule has 3 saturated heterocycles. The Labute approximate surface area is 416 Å². The molecule has 70 heavy (non-hydrogen) atoms. The van der Waals surface area contributed by atoms with Crippen molar-refractivity contribution >= 4 is 89.5 Å². The molecule has 3 rings (SSSR count). The topological polar surface area (TPSA) is 392 Å². The molecule has 3 fully saturated rings. The zero-order valence-electron chi connectivity index (χ0n) is 40.2. The van der Waals surface area contributed by atoms with Gasteiger partial charge in [0.1, 0.15) is 48.3 Å². The van der Waals surface area contributed by atoms with Gasteiger partial charge < -0.3 is 73.8 Å². The number of hydrogen-bond acceptors (Lipinski definition) is 15. The molecule has 27 heteroatoms. The highest BCUT2D eigenvalue weighted by Gasteiger charge is 2.47. The second kappa shape index (κ2) is 28.4. The molecule has 3 aliphatic rings. The van der Waals surface area contributed by atoms with Gasteiger partial charge in [-0.05, 0) is 89.1 Å². The molecule has 8 amide bonds. The number of thiol groups is 1. The lowest BCUT2D eigenvalue weighted by atomic mass is 10.0. The lowest BCUT2D eigenvalue weighted by Gasteiger charge is -2.35. The molecular formula is C43H72N12O13S2. The van der Waals surface area contributed by atoms with Crippen LogP contribution in [0.3, 0.4) is 0 Å². The van der Waals surface area contributed by atoms with Gasteiger partial charge in [0.2, 0.25) is 47.3 Å². The van der Waals surface area contributed by atoms with E-state index in [4.69, 9.17) is 17.2 Å². The summed E-state index contributed by atoms with van der Waals surface area (Å²) in [4.78, 5) is 142. The first-order valence-electron chi connectivity index (χ1n) is 23.5. The quantitative estimate of drug-likeness (QED) is 0.0164. The Bertz CT molecular complexity index is 1930. The van der Waals surface area contributed by atoms with Crippen LogP contribution >= 0.6 is 24.4 Å². The first-order chi connectivity index (χ1) is 33.0. The molecule has 3 heterocycles. The van der Waals surface area contributed by atoms with Crippen molar-refractivity contribution in [2.75, 3.05) is 43.9 Å². The van der Waals surface area contributed by atoms with Gasteiger partial charge in [-0.25, -0.2) is 4.79 Å². The summed E-state index contributed by atoms with van der Waals surface area (Å²) < 4.78 is 0. The zero-order valence-corrected chi connectivity index (χ0v) is 41.9. The Hall–Kier alpha value is -5.41. The number of carboxylic acid groups (broad SMARTS) is 2. The molecule has 10 atom stereocenters. The minimum atomic E-state index is -1.78. The highest BCUT2D eigenvalue weighted by atomic mass is 32.2. The summed E-state index contributed by atoms with van der Waals surface area (Å²) in [5.41, 5.74) is 16.6. The number of thioether (sulfide) groups is 1. The number of carbonyl (C=O) groups is 10. The average molecular weight is 1030 g/mol. The fourth-order valence-corrected chi connectivity index (χ4v) is 9.22. The van der Waals surface area contributed by atoms with Crippen molar-refractivity contribution in [3.8, 4) is 0 Å². The van der Waals surface area contributed by atoms with Crippen molar-refractivity contribution in [1.82, 2.24) is 41.3 Å². The van der Waals surface area contributed by atoms with E-state index in [0.717, 1.165) is 6.92 Å². The van der Waals surface area contributed by atoms with E-state index in [1.807, 2.05) is 6.26 Å². The maximum Gasteiger partial charge on any atom is 0.326 e. The summed E-state index contributed by atoms with van der Waals surface area (Å²) in [6.07, 6.45) is 1.56. The van der Waals surface area contributed by atoms with E-state index in [1.54, 1.807) is 13.8 Å². The van der Waals surface area contributed by atoms with Crippen LogP contribution in [0.15, 0.2) is 4.99 Å². The third kappa shape index (κ3) is 16.9. The largest absolute Gasteiger partial charge is 0.481 e. The summed E-state index contributed by atoms with van der Waals surface area (Å²) in [6, 6.07) is -11.0. The van der Waals surface area contributed by atoms with Crippen molar-refractivity contribution in [2.24, 2.45) is 28.1 Å². The number of aliphatic hydroxyl groups excluding tert-OH is 1. The van der Waals surface area contributed by atoms with E-state index in [9.17, 15) is 63.3 Å². The van der Waals surface area contributed by atoms with E-state index >= 15 is 0 Å². The lowest BCUT2D eigenvalue weighted by Crippen LogP contribution is -2.61. The van der Waals surface area contributed by atoms with Crippen molar-refractivity contribution in [3.63, 3.8) is 0 Å². The Morgan fingerprint density at radius 1 is 0.686 bits per heavy atom. The Morgan fingerprint density at radius 2 is 1.20 bits per heavy atom. The number of nitrogens with one attached hydrogen (secondary N) is 5. The molecule has 0 aliphatic carbocycles. The van der Waals surface area contributed by atoms with Crippen molar-refractivity contribution in [1.29, 1.82) is 0 Å². The standard InChI is InChI=1S/C43H72N12O13S2/c1-22(2)32(42(67)68)51-35(60)25(9-5-16-47-43(45)46)49-38(63)33(23(3)56)52-36(61)26(13-14-31(57)58)48-37(62)28-10-6-17-53(28)40(65)30-12-8-19-55(30)41(66)29-11-7-18-54(29)39(64)27(15-20-70-4)50-34(59)24(44)21-69/h22-30,32-33,56,69H,5-21,44H2,1-4H3,(H,48,62)(H,49,63)(H,50,59)(H,51,60)(H,52,61)(H,57,58)(H,67,68)(H4,45,46,47)/t23-,24+,25+,26+,27+,28+,29+,30+,32+,33+/m1/s1. The predicted octanol–water partition coefficient (Wildman–Crippen LogP) is -3.57. The molecule has 14 N–H and O–H groups in total. The van der Waals surface area contributed by atoms with Gasteiger partial charge in [0, 0.05) is 38.4 Å². The van der Waals surface area contributed by atoms with E-state index in [-0.39, 0.29) is 63.6 Å². The Balaban J connectivity index is 1.79. The molecule has 394 valence electrons.